The van der Waals surface area contributed by atoms with Crippen LogP contribution in [0.3, 0.4) is 0 Å². The molecule has 3 N–H and O–H groups in total. The van der Waals surface area contributed by atoms with Gasteiger partial charge >= 0.3 is 0 Å². The lowest BCUT2D eigenvalue weighted by molar-refractivity contribution is -0.864. The molecule has 0 aromatic heterocycles. The molecule has 0 spiro atoms. The second-order valence-corrected chi connectivity index (χ2v) is 4.51. The number of hydroxylamine groups is 2. The van der Waals surface area contributed by atoms with Crippen molar-refractivity contribution in [2.45, 2.75) is 44.8 Å². The molecule has 0 saturated carbocycles. The van der Waals surface area contributed by atoms with Crippen LogP contribution in [0, 0.1) is 5.21 Å². The largest absolute Gasteiger partial charge is 0.633 e. The van der Waals surface area contributed by atoms with E-state index in [2.05, 4.69) is 0 Å². The SMILES string of the molecule is CC1C(C)[NH+]([O-])CN1C(CCC(N)=O)C(=O)[O-]. The summed E-state index contributed by atoms with van der Waals surface area (Å²) in [5.74, 6) is -1.82. The molecule has 1 heterocycles. The number of nitrogens with zero attached hydrogens (tertiary/aromatic N) is 1. The number of aliphatic carboxylic acids is 1. The maximum absolute atomic E-state index is 11.5. The van der Waals surface area contributed by atoms with Gasteiger partial charge in [-0.25, -0.2) is 4.90 Å². The fourth-order valence-electron chi connectivity index (χ4n) is 2.12. The molecular formula is C10H18N3O4-. The summed E-state index contributed by atoms with van der Waals surface area (Å²) in [6.07, 6.45) is 0.0619. The summed E-state index contributed by atoms with van der Waals surface area (Å²) in [7, 11) is 0. The highest BCUT2D eigenvalue weighted by Gasteiger charge is 2.38. The van der Waals surface area contributed by atoms with E-state index in [0.29, 0.717) is 0 Å². The quantitative estimate of drug-likeness (QED) is 0.494. The van der Waals surface area contributed by atoms with Gasteiger partial charge in [0.1, 0.15) is 12.7 Å². The van der Waals surface area contributed by atoms with Gasteiger partial charge in [-0.05, 0) is 20.3 Å². The van der Waals surface area contributed by atoms with Crippen molar-refractivity contribution in [3.63, 3.8) is 0 Å². The van der Waals surface area contributed by atoms with Gasteiger partial charge in [0.25, 0.3) is 0 Å². The lowest BCUT2D eigenvalue weighted by atomic mass is 10.1. The second-order valence-electron chi connectivity index (χ2n) is 4.51. The summed E-state index contributed by atoms with van der Waals surface area (Å²) in [5.41, 5.74) is 4.99. The Morgan fingerprint density at radius 2 is 2.12 bits per heavy atom. The molecule has 1 aliphatic heterocycles. The zero-order valence-electron chi connectivity index (χ0n) is 10.0. The Morgan fingerprint density at radius 1 is 1.53 bits per heavy atom. The van der Waals surface area contributed by atoms with E-state index in [4.69, 9.17) is 5.73 Å². The minimum atomic E-state index is -1.26. The number of carbonyl (C=O) groups is 2. The van der Waals surface area contributed by atoms with Crippen LogP contribution < -0.4 is 15.9 Å². The van der Waals surface area contributed by atoms with Crippen LogP contribution in [0.2, 0.25) is 0 Å². The molecule has 17 heavy (non-hydrogen) atoms. The third-order valence-electron chi connectivity index (χ3n) is 3.43. The van der Waals surface area contributed by atoms with Gasteiger partial charge in [0.2, 0.25) is 5.91 Å². The smallest absolute Gasteiger partial charge is 0.217 e. The lowest BCUT2D eigenvalue weighted by Gasteiger charge is -2.29. The zero-order valence-corrected chi connectivity index (χ0v) is 10.0. The predicted molar refractivity (Wildman–Crippen MR) is 57.2 cm³/mol. The minimum absolute atomic E-state index is 0.0165. The van der Waals surface area contributed by atoms with E-state index in [0.717, 1.165) is 0 Å². The molecule has 1 amide bonds. The van der Waals surface area contributed by atoms with Gasteiger partial charge < -0.3 is 25.9 Å². The summed E-state index contributed by atoms with van der Waals surface area (Å²) < 4.78 is 0. The third kappa shape index (κ3) is 3.15. The summed E-state index contributed by atoms with van der Waals surface area (Å²) in [6, 6.07) is -1.27. The second kappa shape index (κ2) is 5.44. The van der Waals surface area contributed by atoms with E-state index in [1.165, 1.54) is 0 Å². The predicted octanol–water partition coefficient (Wildman–Crippen LogP) is -3.20. The first-order valence-corrected chi connectivity index (χ1v) is 5.62. The van der Waals surface area contributed by atoms with Gasteiger partial charge in [0.15, 0.2) is 0 Å². The molecule has 98 valence electrons. The number of carbonyl (C=O) groups excluding carboxylic acids is 2. The minimum Gasteiger partial charge on any atom is -0.633 e. The van der Waals surface area contributed by atoms with Crippen LogP contribution in [0.15, 0.2) is 0 Å². The number of amides is 1. The van der Waals surface area contributed by atoms with Crippen molar-refractivity contribution < 1.29 is 19.8 Å². The van der Waals surface area contributed by atoms with E-state index in [-0.39, 0.29) is 36.7 Å². The Balaban J connectivity index is 2.71. The van der Waals surface area contributed by atoms with Crippen molar-refractivity contribution in [3.05, 3.63) is 5.21 Å². The van der Waals surface area contributed by atoms with Gasteiger partial charge in [-0.15, -0.1) is 0 Å². The first kappa shape index (κ1) is 13.9. The Labute approximate surface area is 99.7 Å². The molecule has 0 aromatic rings. The molecule has 1 aliphatic rings. The average molecular weight is 244 g/mol. The van der Waals surface area contributed by atoms with Gasteiger partial charge in [-0.3, -0.25) is 4.79 Å². The van der Waals surface area contributed by atoms with Gasteiger partial charge in [0, 0.05) is 6.42 Å². The van der Waals surface area contributed by atoms with Crippen molar-refractivity contribution in [2.75, 3.05) is 6.67 Å². The fourth-order valence-corrected chi connectivity index (χ4v) is 2.12. The highest BCUT2D eigenvalue weighted by molar-refractivity contribution is 5.76. The first-order chi connectivity index (χ1) is 7.84. The molecule has 0 aliphatic carbocycles. The van der Waals surface area contributed by atoms with Crippen molar-refractivity contribution in [2.24, 2.45) is 5.73 Å². The van der Waals surface area contributed by atoms with Crippen LogP contribution in [0.4, 0.5) is 0 Å². The lowest BCUT2D eigenvalue weighted by Crippen LogP contribution is -3.09. The molecular weight excluding hydrogens is 226 g/mol. The number of quaternary nitrogens is 1. The first-order valence-electron chi connectivity index (χ1n) is 5.62. The molecule has 1 rings (SSSR count). The topological polar surface area (TPSA) is 114 Å². The monoisotopic (exact) mass is 244 g/mol. The summed E-state index contributed by atoms with van der Waals surface area (Å²) >= 11 is 0. The van der Waals surface area contributed by atoms with Gasteiger partial charge in [0.05, 0.1) is 18.1 Å². The number of rotatable bonds is 5. The van der Waals surface area contributed by atoms with Crippen molar-refractivity contribution >= 4 is 11.9 Å². The number of hydrogen-bond donors (Lipinski definition) is 2. The number of carboxylic acid groups (broad SMARTS) is 1. The molecule has 1 fully saturated rings. The number of primary amides is 1. The standard InChI is InChI=1S/C10H19N3O4/c1-6-7(2)13(17)5-12(6)8(10(15)16)3-4-9(11)14/h6-8,13H,3-5H2,1-2H3,(H2,11,14)(H,15,16)/p-1. The molecule has 0 radical (unpaired) electrons. The van der Waals surface area contributed by atoms with Gasteiger partial charge in [-0.2, -0.15) is 0 Å². The third-order valence-corrected chi connectivity index (χ3v) is 3.43. The van der Waals surface area contributed by atoms with Crippen molar-refractivity contribution in [1.29, 1.82) is 0 Å². The molecule has 7 heteroatoms. The van der Waals surface area contributed by atoms with Crippen LogP contribution in [-0.4, -0.2) is 41.6 Å². The summed E-state index contributed by atoms with van der Waals surface area (Å²) in [4.78, 5) is 23.3. The molecule has 4 unspecified atom stereocenters. The molecule has 0 aromatic carbocycles. The van der Waals surface area contributed by atoms with Crippen LogP contribution in [-0.2, 0) is 9.59 Å². The van der Waals surface area contributed by atoms with Gasteiger partial charge in [-0.1, -0.05) is 0 Å². The number of nitrogens with two attached hydrogens (primary N) is 1. The highest BCUT2D eigenvalue weighted by atomic mass is 16.5. The molecule has 4 atom stereocenters. The van der Waals surface area contributed by atoms with Crippen LogP contribution in [0.1, 0.15) is 26.7 Å². The van der Waals surface area contributed by atoms with E-state index in [1.807, 2.05) is 0 Å². The average Bonchev–Trinajstić information content (AvgIpc) is 2.46. The Morgan fingerprint density at radius 3 is 2.47 bits per heavy atom. The summed E-state index contributed by atoms with van der Waals surface area (Å²) in [6.45, 7) is 3.67. The maximum atomic E-state index is 11.5. The Bertz CT molecular complexity index is 310. The number of hydrogen-bond acceptors (Lipinski definition) is 5. The van der Waals surface area contributed by atoms with Crippen LogP contribution in [0.5, 0.6) is 0 Å². The normalized spacial score (nSPS) is 31.4. The number of carboxylic acids is 1. The van der Waals surface area contributed by atoms with Crippen molar-refractivity contribution in [1.82, 2.24) is 4.90 Å². The molecule has 1 saturated heterocycles. The van der Waals surface area contributed by atoms with E-state index in [9.17, 15) is 19.9 Å². The Kier molecular flexibility index (Phi) is 4.44. The molecule has 7 nitrogen and oxygen atoms in total. The van der Waals surface area contributed by atoms with Crippen LogP contribution >= 0.6 is 0 Å². The van der Waals surface area contributed by atoms with E-state index in [1.54, 1.807) is 18.7 Å². The Hall–Kier alpha value is -1.18. The summed E-state index contributed by atoms with van der Waals surface area (Å²) in [5, 5.41) is 22.6. The van der Waals surface area contributed by atoms with Crippen molar-refractivity contribution in [3.8, 4) is 0 Å². The van der Waals surface area contributed by atoms with Crippen LogP contribution in [0.25, 0.3) is 0 Å². The number of nitrogens with one attached hydrogen (secondary N) is 1. The maximum Gasteiger partial charge on any atom is 0.217 e. The highest BCUT2D eigenvalue weighted by Crippen LogP contribution is 2.14. The van der Waals surface area contributed by atoms with E-state index < -0.39 is 17.9 Å². The van der Waals surface area contributed by atoms with E-state index >= 15 is 0 Å². The fraction of sp³-hybridized carbons (Fsp3) is 0.800. The molecule has 0 bridgehead atoms. The zero-order chi connectivity index (χ0) is 13.2.